The number of quaternary nitrogens is 1. The van der Waals surface area contributed by atoms with E-state index in [0.29, 0.717) is 0 Å². The zero-order valence-corrected chi connectivity index (χ0v) is 7.97. The van der Waals surface area contributed by atoms with E-state index in [1.165, 1.54) is 24.1 Å². The van der Waals surface area contributed by atoms with Crippen molar-refractivity contribution < 1.29 is 9.22 Å². The molecule has 2 nitrogen and oxygen atoms in total. The normalized spacial score (nSPS) is 24.0. The Morgan fingerprint density at radius 2 is 1.82 bits per heavy atom. The summed E-state index contributed by atoms with van der Waals surface area (Å²) in [7, 11) is 0. The van der Waals surface area contributed by atoms with Crippen LogP contribution in [0.2, 0.25) is 0 Å². The lowest BCUT2D eigenvalue weighted by atomic mass is 10.2. The molecule has 1 aliphatic heterocycles. The zero-order valence-electron chi connectivity index (χ0n) is 7.97. The molecule has 0 aromatic rings. The van der Waals surface area contributed by atoms with Gasteiger partial charge in [0.2, 0.25) is 0 Å². The van der Waals surface area contributed by atoms with Gasteiger partial charge in [0.25, 0.3) is 0 Å². The Labute approximate surface area is 69.7 Å². The highest BCUT2D eigenvalue weighted by Gasteiger charge is 2.31. The molecule has 11 heavy (non-hydrogen) atoms. The van der Waals surface area contributed by atoms with Crippen LogP contribution < -0.4 is 0 Å². The Kier molecular flexibility index (Phi) is 2.90. The average molecular weight is 158 g/mol. The number of ether oxygens (including phenoxy) is 1. The van der Waals surface area contributed by atoms with Crippen LogP contribution in [0.5, 0.6) is 0 Å². The number of hydrogen-bond donors (Lipinski definition) is 0. The van der Waals surface area contributed by atoms with E-state index in [1.807, 2.05) is 0 Å². The summed E-state index contributed by atoms with van der Waals surface area (Å²) in [6.45, 7) is 12.5. The van der Waals surface area contributed by atoms with E-state index < -0.39 is 0 Å². The maximum atomic E-state index is 5.36. The maximum Gasteiger partial charge on any atom is 0.103 e. The third kappa shape index (κ3) is 1.74. The van der Waals surface area contributed by atoms with Gasteiger partial charge in [-0.3, -0.25) is 0 Å². The van der Waals surface area contributed by atoms with Crippen LogP contribution in [-0.4, -0.2) is 43.4 Å². The lowest BCUT2D eigenvalue weighted by Gasteiger charge is -2.44. The minimum Gasteiger partial charge on any atom is -0.370 e. The van der Waals surface area contributed by atoms with Gasteiger partial charge >= 0.3 is 0 Å². The van der Waals surface area contributed by atoms with Gasteiger partial charge in [-0.2, -0.15) is 0 Å². The van der Waals surface area contributed by atoms with Crippen molar-refractivity contribution in [2.45, 2.75) is 26.8 Å². The lowest BCUT2D eigenvalue weighted by molar-refractivity contribution is -0.952. The molecular formula is C9H20NO+. The van der Waals surface area contributed by atoms with Gasteiger partial charge in [-0.15, -0.1) is 0 Å². The largest absolute Gasteiger partial charge is 0.370 e. The van der Waals surface area contributed by atoms with Gasteiger partial charge in [0.15, 0.2) is 0 Å². The Hall–Kier alpha value is -0.0800. The first-order valence-electron chi connectivity index (χ1n) is 4.65. The van der Waals surface area contributed by atoms with Crippen molar-refractivity contribution in [1.29, 1.82) is 0 Å². The number of likely N-dealkylation sites (N-methyl/N-ethyl adjacent to an activating group) is 1. The van der Waals surface area contributed by atoms with Crippen LogP contribution in [0.25, 0.3) is 0 Å². The average Bonchev–Trinajstić information content (AvgIpc) is 2.05. The van der Waals surface area contributed by atoms with E-state index >= 15 is 0 Å². The molecule has 0 aromatic heterocycles. The lowest BCUT2D eigenvalue weighted by Crippen LogP contribution is -2.58. The van der Waals surface area contributed by atoms with Gasteiger partial charge in [0, 0.05) is 0 Å². The van der Waals surface area contributed by atoms with Gasteiger partial charge < -0.3 is 9.22 Å². The predicted molar refractivity (Wildman–Crippen MR) is 46.5 cm³/mol. The summed E-state index contributed by atoms with van der Waals surface area (Å²) in [6.07, 6.45) is 0. The molecule has 1 aliphatic rings. The first-order valence-corrected chi connectivity index (χ1v) is 4.65. The summed E-state index contributed by atoms with van der Waals surface area (Å²) in [6, 6.07) is 0.754. The second-order valence-corrected chi connectivity index (χ2v) is 3.69. The Morgan fingerprint density at radius 3 is 2.09 bits per heavy atom. The summed E-state index contributed by atoms with van der Waals surface area (Å²) in [5.74, 6) is 0. The third-order valence-corrected chi connectivity index (χ3v) is 3.09. The summed E-state index contributed by atoms with van der Waals surface area (Å²) in [5.41, 5.74) is 0. The smallest absolute Gasteiger partial charge is 0.103 e. The van der Waals surface area contributed by atoms with Gasteiger partial charge in [-0.05, 0) is 20.8 Å². The first kappa shape index (κ1) is 9.01. The highest BCUT2D eigenvalue weighted by Crippen LogP contribution is 2.15. The summed E-state index contributed by atoms with van der Waals surface area (Å²) >= 11 is 0. The van der Waals surface area contributed by atoms with Crippen molar-refractivity contribution in [2.75, 3.05) is 32.8 Å². The second-order valence-electron chi connectivity index (χ2n) is 3.69. The van der Waals surface area contributed by atoms with E-state index in [4.69, 9.17) is 4.74 Å². The van der Waals surface area contributed by atoms with E-state index in [2.05, 4.69) is 20.8 Å². The molecular weight excluding hydrogens is 138 g/mol. The van der Waals surface area contributed by atoms with Crippen molar-refractivity contribution in [3.63, 3.8) is 0 Å². The summed E-state index contributed by atoms with van der Waals surface area (Å²) in [4.78, 5) is 0. The van der Waals surface area contributed by atoms with Crippen LogP contribution in [0.1, 0.15) is 20.8 Å². The number of morpholine rings is 1. The Bertz CT molecular complexity index is 117. The molecule has 0 aromatic carbocycles. The molecule has 0 radical (unpaired) electrons. The molecule has 1 fully saturated rings. The molecule has 2 heteroatoms. The first-order chi connectivity index (χ1) is 5.21. The summed E-state index contributed by atoms with van der Waals surface area (Å²) < 4.78 is 6.61. The highest BCUT2D eigenvalue weighted by molar-refractivity contribution is 4.52. The van der Waals surface area contributed by atoms with E-state index in [0.717, 1.165) is 19.3 Å². The van der Waals surface area contributed by atoms with Crippen LogP contribution in [0.4, 0.5) is 0 Å². The van der Waals surface area contributed by atoms with Gasteiger partial charge in [-0.1, -0.05) is 0 Å². The Morgan fingerprint density at radius 1 is 1.27 bits per heavy atom. The van der Waals surface area contributed by atoms with Gasteiger partial charge in [0.1, 0.15) is 13.1 Å². The van der Waals surface area contributed by atoms with Gasteiger partial charge in [-0.25, -0.2) is 0 Å². The number of rotatable bonds is 2. The molecule has 0 aliphatic carbocycles. The van der Waals surface area contributed by atoms with Crippen molar-refractivity contribution in [3.05, 3.63) is 0 Å². The van der Waals surface area contributed by atoms with Crippen LogP contribution in [0, 0.1) is 0 Å². The van der Waals surface area contributed by atoms with Crippen molar-refractivity contribution in [2.24, 2.45) is 0 Å². The molecule has 66 valence electrons. The van der Waals surface area contributed by atoms with E-state index in [9.17, 15) is 0 Å². The molecule has 0 bridgehead atoms. The molecule has 0 spiro atoms. The fourth-order valence-electron chi connectivity index (χ4n) is 1.90. The number of hydrogen-bond acceptors (Lipinski definition) is 1. The van der Waals surface area contributed by atoms with Crippen LogP contribution in [-0.2, 0) is 4.74 Å². The molecule has 0 saturated carbocycles. The maximum absolute atomic E-state index is 5.36. The minimum atomic E-state index is 0.754. The second kappa shape index (κ2) is 3.55. The van der Waals surface area contributed by atoms with Crippen LogP contribution in [0.3, 0.4) is 0 Å². The molecule has 0 N–H and O–H groups in total. The molecule has 0 atom stereocenters. The number of nitrogens with zero attached hydrogens (tertiary/aromatic N) is 1. The fraction of sp³-hybridized carbons (Fsp3) is 1.00. The predicted octanol–water partition coefficient (Wildman–Crippen LogP) is 1.26. The van der Waals surface area contributed by atoms with Crippen LogP contribution >= 0.6 is 0 Å². The van der Waals surface area contributed by atoms with Crippen molar-refractivity contribution in [3.8, 4) is 0 Å². The topological polar surface area (TPSA) is 9.23 Å². The Balaban J connectivity index is 2.57. The molecule has 1 heterocycles. The highest BCUT2D eigenvalue weighted by atomic mass is 16.5. The minimum absolute atomic E-state index is 0.754. The quantitative estimate of drug-likeness (QED) is 0.550. The standard InChI is InChI=1S/C9H20NO/c1-4-10(9(2)3)5-7-11-8-6-10/h9H,4-8H2,1-3H3/q+1. The monoisotopic (exact) mass is 158 g/mol. The fourth-order valence-corrected chi connectivity index (χ4v) is 1.90. The van der Waals surface area contributed by atoms with Crippen molar-refractivity contribution in [1.82, 2.24) is 0 Å². The van der Waals surface area contributed by atoms with Gasteiger partial charge in [0.05, 0.1) is 25.8 Å². The van der Waals surface area contributed by atoms with Crippen molar-refractivity contribution >= 4 is 0 Å². The molecule has 1 rings (SSSR count). The van der Waals surface area contributed by atoms with E-state index in [-0.39, 0.29) is 0 Å². The van der Waals surface area contributed by atoms with E-state index in [1.54, 1.807) is 0 Å². The zero-order chi connectivity index (χ0) is 8.32. The molecule has 0 unspecified atom stereocenters. The third-order valence-electron chi connectivity index (χ3n) is 3.09. The molecule has 0 amide bonds. The SMILES string of the molecule is CC[N+]1(C(C)C)CCOCC1. The molecule has 1 saturated heterocycles. The summed E-state index contributed by atoms with van der Waals surface area (Å²) in [5, 5.41) is 0. The van der Waals surface area contributed by atoms with Crippen LogP contribution in [0.15, 0.2) is 0 Å².